The van der Waals surface area contributed by atoms with E-state index in [0.717, 1.165) is 31.2 Å². The van der Waals surface area contributed by atoms with Crippen molar-refractivity contribution in [1.29, 1.82) is 0 Å². The highest BCUT2D eigenvalue weighted by Crippen LogP contribution is 2.39. The third-order valence-electron chi connectivity index (χ3n) is 4.19. The van der Waals surface area contributed by atoms with Gasteiger partial charge in [0, 0.05) is 23.8 Å². The van der Waals surface area contributed by atoms with Crippen LogP contribution in [0.3, 0.4) is 0 Å². The zero-order valence-corrected chi connectivity index (χ0v) is 14.5. The van der Waals surface area contributed by atoms with Crippen molar-refractivity contribution >= 4 is 21.7 Å². The van der Waals surface area contributed by atoms with Gasteiger partial charge in [0.05, 0.1) is 6.20 Å². The highest BCUT2D eigenvalue weighted by Gasteiger charge is 2.24. The topological polar surface area (TPSA) is 61.2 Å². The molecule has 0 saturated heterocycles. The van der Waals surface area contributed by atoms with Crippen LogP contribution in [0.5, 0.6) is 5.75 Å². The van der Waals surface area contributed by atoms with Crippen LogP contribution in [0.25, 0.3) is 0 Å². The summed E-state index contributed by atoms with van der Waals surface area (Å²) in [6.07, 6.45) is 8.28. The molecule has 1 aromatic heterocycles. The maximum absolute atomic E-state index is 12.4. The fourth-order valence-corrected chi connectivity index (χ4v) is 4.14. The van der Waals surface area contributed by atoms with Crippen LogP contribution in [0.4, 0.5) is 0 Å². The third kappa shape index (κ3) is 3.70. The van der Waals surface area contributed by atoms with Gasteiger partial charge in [0.2, 0.25) is 0 Å². The number of benzene rings is 1. The molecule has 0 atom stereocenters. The zero-order chi connectivity index (χ0) is 16.4. The van der Waals surface area contributed by atoms with Crippen molar-refractivity contribution in [1.82, 2.24) is 9.78 Å². The van der Waals surface area contributed by atoms with Gasteiger partial charge in [-0.15, -0.1) is 0 Å². The van der Waals surface area contributed by atoms with Crippen LogP contribution in [0.1, 0.15) is 43.6 Å². The minimum atomic E-state index is -3.89. The minimum Gasteiger partial charge on any atom is -0.379 e. The molecule has 0 radical (unpaired) electrons. The van der Waals surface area contributed by atoms with E-state index in [-0.39, 0.29) is 4.90 Å². The molecule has 1 fully saturated rings. The molecule has 0 aliphatic heterocycles. The van der Waals surface area contributed by atoms with E-state index in [1.807, 2.05) is 6.07 Å². The summed E-state index contributed by atoms with van der Waals surface area (Å²) in [5.74, 6) is 0.659. The van der Waals surface area contributed by atoms with Gasteiger partial charge in [-0.25, -0.2) is 0 Å². The number of aromatic nitrogens is 2. The summed E-state index contributed by atoms with van der Waals surface area (Å²) in [6.45, 7) is 0. The largest absolute Gasteiger partial charge is 0.379 e. The molecule has 7 heteroatoms. The van der Waals surface area contributed by atoms with Gasteiger partial charge in [-0.05, 0) is 37.0 Å². The van der Waals surface area contributed by atoms with Crippen molar-refractivity contribution in [2.45, 2.75) is 42.9 Å². The lowest BCUT2D eigenvalue weighted by Gasteiger charge is -2.24. The molecular formula is C16H19ClN2O3S. The van der Waals surface area contributed by atoms with Crippen LogP contribution < -0.4 is 4.18 Å². The molecule has 0 bridgehead atoms. The van der Waals surface area contributed by atoms with E-state index in [9.17, 15) is 8.42 Å². The van der Waals surface area contributed by atoms with Crippen LogP contribution in [-0.4, -0.2) is 18.2 Å². The van der Waals surface area contributed by atoms with Crippen LogP contribution in [0, 0.1) is 0 Å². The Labute approximate surface area is 141 Å². The van der Waals surface area contributed by atoms with Crippen molar-refractivity contribution in [2.24, 2.45) is 7.05 Å². The maximum atomic E-state index is 12.4. The number of hydrogen-bond donors (Lipinski definition) is 0. The molecule has 3 rings (SSSR count). The van der Waals surface area contributed by atoms with Crippen molar-refractivity contribution in [2.75, 3.05) is 0 Å². The first-order valence-corrected chi connectivity index (χ1v) is 9.47. The minimum absolute atomic E-state index is 0.0459. The van der Waals surface area contributed by atoms with E-state index in [4.69, 9.17) is 15.8 Å². The summed E-state index contributed by atoms with van der Waals surface area (Å²) in [5.41, 5.74) is 0.879. The predicted octanol–water partition coefficient (Wildman–Crippen LogP) is 3.89. The normalized spacial score (nSPS) is 16.4. The van der Waals surface area contributed by atoms with Crippen LogP contribution in [-0.2, 0) is 17.2 Å². The molecule has 0 amide bonds. The second-order valence-corrected chi connectivity index (χ2v) is 7.89. The van der Waals surface area contributed by atoms with E-state index in [0.29, 0.717) is 16.7 Å². The van der Waals surface area contributed by atoms with E-state index in [1.165, 1.54) is 23.5 Å². The van der Waals surface area contributed by atoms with E-state index in [2.05, 4.69) is 5.10 Å². The maximum Gasteiger partial charge on any atom is 0.342 e. The standard InChI is InChI=1S/C16H19ClN2O3S/c1-19-11-14(10-18-19)23(20,21)22-16-8-7-13(17)9-15(16)12-5-3-2-4-6-12/h7-12H,2-6H2,1H3. The van der Waals surface area contributed by atoms with Crippen molar-refractivity contribution in [3.8, 4) is 5.75 Å². The number of rotatable bonds is 4. The molecule has 23 heavy (non-hydrogen) atoms. The second-order valence-electron chi connectivity index (χ2n) is 5.90. The molecule has 1 heterocycles. The molecule has 1 saturated carbocycles. The van der Waals surface area contributed by atoms with Crippen LogP contribution >= 0.6 is 11.6 Å². The Kier molecular flexibility index (Phi) is 4.64. The monoisotopic (exact) mass is 354 g/mol. The fraction of sp³-hybridized carbons (Fsp3) is 0.438. The summed E-state index contributed by atoms with van der Waals surface area (Å²) < 4.78 is 31.7. The summed E-state index contributed by atoms with van der Waals surface area (Å²) in [6, 6.07) is 5.12. The van der Waals surface area contributed by atoms with Gasteiger partial charge in [0.15, 0.2) is 0 Å². The quantitative estimate of drug-likeness (QED) is 0.781. The Morgan fingerprint density at radius 1 is 1.26 bits per heavy atom. The highest BCUT2D eigenvalue weighted by molar-refractivity contribution is 7.87. The van der Waals surface area contributed by atoms with Gasteiger partial charge in [-0.3, -0.25) is 4.68 Å². The molecule has 0 unspecified atom stereocenters. The van der Waals surface area contributed by atoms with Crippen molar-refractivity contribution < 1.29 is 12.6 Å². The zero-order valence-electron chi connectivity index (χ0n) is 12.9. The van der Waals surface area contributed by atoms with Gasteiger partial charge in [-0.1, -0.05) is 30.9 Å². The lowest BCUT2D eigenvalue weighted by molar-refractivity contribution is 0.428. The Hall–Kier alpha value is -1.53. The molecular weight excluding hydrogens is 336 g/mol. The smallest absolute Gasteiger partial charge is 0.342 e. The van der Waals surface area contributed by atoms with E-state index >= 15 is 0 Å². The van der Waals surface area contributed by atoms with Crippen molar-refractivity contribution in [3.05, 3.63) is 41.2 Å². The Bertz CT molecular complexity index is 795. The lowest BCUT2D eigenvalue weighted by atomic mass is 9.84. The van der Waals surface area contributed by atoms with Gasteiger partial charge >= 0.3 is 10.1 Å². The SMILES string of the molecule is Cn1cc(S(=O)(=O)Oc2ccc(Cl)cc2C2CCCCC2)cn1. The molecule has 5 nitrogen and oxygen atoms in total. The third-order valence-corrected chi connectivity index (χ3v) is 5.61. The van der Waals surface area contributed by atoms with Gasteiger partial charge in [-0.2, -0.15) is 13.5 Å². The molecule has 1 aromatic carbocycles. The second kappa shape index (κ2) is 6.53. The summed E-state index contributed by atoms with van der Waals surface area (Å²) in [7, 11) is -2.23. The van der Waals surface area contributed by atoms with E-state index < -0.39 is 10.1 Å². The first-order chi connectivity index (χ1) is 11.0. The molecule has 1 aliphatic carbocycles. The average Bonchev–Trinajstić information content (AvgIpc) is 2.97. The number of aryl methyl sites for hydroxylation is 1. The molecule has 0 N–H and O–H groups in total. The Balaban J connectivity index is 1.93. The van der Waals surface area contributed by atoms with E-state index in [1.54, 1.807) is 19.2 Å². The number of nitrogens with zero attached hydrogens (tertiary/aromatic N) is 2. The highest BCUT2D eigenvalue weighted by atomic mass is 35.5. The van der Waals surface area contributed by atoms with Crippen LogP contribution in [0.2, 0.25) is 5.02 Å². The summed E-state index contributed by atoms with van der Waals surface area (Å²) in [5, 5.41) is 4.48. The molecule has 2 aromatic rings. The summed E-state index contributed by atoms with van der Waals surface area (Å²) >= 11 is 6.11. The first kappa shape index (κ1) is 16.3. The lowest BCUT2D eigenvalue weighted by Crippen LogP contribution is -2.13. The predicted molar refractivity (Wildman–Crippen MR) is 88.3 cm³/mol. The molecule has 1 aliphatic rings. The number of halogens is 1. The average molecular weight is 355 g/mol. The molecule has 0 spiro atoms. The fourth-order valence-electron chi connectivity index (χ4n) is 3.02. The van der Waals surface area contributed by atoms with Gasteiger partial charge in [0.25, 0.3) is 0 Å². The Morgan fingerprint density at radius 3 is 2.65 bits per heavy atom. The number of hydrogen-bond acceptors (Lipinski definition) is 4. The van der Waals surface area contributed by atoms with Gasteiger partial charge in [0.1, 0.15) is 10.6 Å². The summed E-state index contributed by atoms with van der Waals surface area (Å²) in [4.78, 5) is 0.0459. The molecule has 124 valence electrons. The Morgan fingerprint density at radius 2 is 2.00 bits per heavy atom. The van der Waals surface area contributed by atoms with Gasteiger partial charge < -0.3 is 4.18 Å². The first-order valence-electron chi connectivity index (χ1n) is 7.68. The van der Waals surface area contributed by atoms with Crippen molar-refractivity contribution in [3.63, 3.8) is 0 Å². The van der Waals surface area contributed by atoms with Crippen LogP contribution in [0.15, 0.2) is 35.5 Å².